The third-order valence-electron chi connectivity index (χ3n) is 3.74. The molecule has 1 aliphatic rings. The minimum Gasteiger partial charge on any atom is -0.508 e. The predicted octanol–water partition coefficient (Wildman–Crippen LogP) is 3.55. The third-order valence-corrected chi connectivity index (χ3v) is 3.74. The minimum atomic E-state index is 0.438. The SMILES string of the molecule is CCCC1CCCCN1Cc1ccccc1O. The van der Waals surface area contributed by atoms with E-state index < -0.39 is 0 Å². The second-order valence-corrected chi connectivity index (χ2v) is 5.04. The number of para-hydroxylation sites is 1. The lowest BCUT2D eigenvalue weighted by Gasteiger charge is -2.35. The first kappa shape index (κ1) is 12.4. The fourth-order valence-corrected chi connectivity index (χ4v) is 2.79. The van der Waals surface area contributed by atoms with Crippen molar-refractivity contribution in [2.75, 3.05) is 6.54 Å². The van der Waals surface area contributed by atoms with Crippen molar-refractivity contribution in [2.45, 2.75) is 51.6 Å². The van der Waals surface area contributed by atoms with Gasteiger partial charge in [-0.3, -0.25) is 4.90 Å². The van der Waals surface area contributed by atoms with Gasteiger partial charge in [-0.2, -0.15) is 0 Å². The number of phenols is 1. The second-order valence-electron chi connectivity index (χ2n) is 5.04. The molecule has 0 bridgehead atoms. The van der Waals surface area contributed by atoms with E-state index in [2.05, 4.69) is 11.8 Å². The number of phenolic OH excluding ortho intramolecular Hbond substituents is 1. The lowest BCUT2D eigenvalue weighted by Crippen LogP contribution is -2.38. The first-order chi connectivity index (χ1) is 8.31. The first-order valence-corrected chi connectivity index (χ1v) is 6.82. The topological polar surface area (TPSA) is 23.5 Å². The van der Waals surface area contributed by atoms with Crippen molar-refractivity contribution < 1.29 is 5.11 Å². The standard InChI is InChI=1S/C15H23NO/c1-2-7-14-9-5-6-11-16(14)12-13-8-3-4-10-15(13)17/h3-4,8,10,14,17H,2,5-7,9,11-12H2,1H3. The van der Waals surface area contributed by atoms with Gasteiger partial charge in [0.15, 0.2) is 0 Å². The van der Waals surface area contributed by atoms with E-state index in [1.165, 1.54) is 38.6 Å². The molecule has 0 saturated carbocycles. The van der Waals surface area contributed by atoms with Crippen molar-refractivity contribution in [1.82, 2.24) is 4.90 Å². The van der Waals surface area contributed by atoms with Crippen LogP contribution in [-0.4, -0.2) is 22.6 Å². The molecule has 1 aromatic carbocycles. The van der Waals surface area contributed by atoms with Gasteiger partial charge in [-0.25, -0.2) is 0 Å². The second kappa shape index (κ2) is 6.06. The van der Waals surface area contributed by atoms with Gasteiger partial charge in [-0.05, 0) is 31.9 Å². The summed E-state index contributed by atoms with van der Waals surface area (Å²) in [5.74, 6) is 0.438. The summed E-state index contributed by atoms with van der Waals surface area (Å²) in [7, 11) is 0. The maximum absolute atomic E-state index is 9.83. The molecule has 17 heavy (non-hydrogen) atoms. The summed E-state index contributed by atoms with van der Waals surface area (Å²) in [5.41, 5.74) is 1.07. The molecule has 1 fully saturated rings. The number of nitrogens with zero attached hydrogens (tertiary/aromatic N) is 1. The minimum absolute atomic E-state index is 0.438. The highest BCUT2D eigenvalue weighted by Gasteiger charge is 2.22. The summed E-state index contributed by atoms with van der Waals surface area (Å²) >= 11 is 0. The predicted molar refractivity (Wildman–Crippen MR) is 71.1 cm³/mol. The van der Waals surface area contributed by atoms with Gasteiger partial charge in [0.2, 0.25) is 0 Å². The van der Waals surface area contributed by atoms with Crippen molar-refractivity contribution in [3.8, 4) is 5.75 Å². The van der Waals surface area contributed by atoms with Crippen LogP contribution in [0.4, 0.5) is 0 Å². The average Bonchev–Trinajstić information content (AvgIpc) is 2.35. The Morgan fingerprint density at radius 1 is 1.29 bits per heavy atom. The molecule has 0 spiro atoms. The van der Waals surface area contributed by atoms with Gasteiger partial charge < -0.3 is 5.11 Å². The van der Waals surface area contributed by atoms with E-state index in [0.29, 0.717) is 11.8 Å². The van der Waals surface area contributed by atoms with Gasteiger partial charge in [0.25, 0.3) is 0 Å². The number of aromatic hydroxyl groups is 1. The summed E-state index contributed by atoms with van der Waals surface area (Å²) in [6, 6.07) is 8.43. The molecule has 94 valence electrons. The molecule has 1 atom stereocenters. The Balaban J connectivity index is 2.03. The van der Waals surface area contributed by atoms with Crippen LogP contribution in [0.25, 0.3) is 0 Å². The van der Waals surface area contributed by atoms with E-state index in [9.17, 15) is 5.11 Å². The van der Waals surface area contributed by atoms with Crippen molar-refractivity contribution in [1.29, 1.82) is 0 Å². The van der Waals surface area contributed by atoms with Crippen molar-refractivity contribution >= 4 is 0 Å². The highest BCUT2D eigenvalue weighted by Crippen LogP contribution is 2.25. The molecule has 1 heterocycles. The Morgan fingerprint density at radius 3 is 2.88 bits per heavy atom. The molecule has 1 aromatic rings. The quantitative estimate of drug-likeness (QED) is 0.859. The molecule has 1 N–H and O–H groups in total. The van der Waals surface area contributed by atoms with Gasteiger partial charge in [0, 0.05) is 18.2 Å². The molecule has 0 radical (unpaired) electrons. The van der Waals surface area contributed by atoms with E-state index in [1.54, 1.807) is 6.07 Å². The molecular formula is C15H23NO. The van der Waals surface area contributed by atoms with E-state index in [-0.39, 0.29) is 0 Å². The summed E-state index contributed by atoms with van der Waals surface area (Å²) < 4.78 is 0. The van der Waals surface area contributed by atoms with Crippen LogP contribution in [0.5, 0.6) is 5.75 Å². The smallest absolute Gasteiger partial charge is 0.120 e. The Morgan fingerprint density at radius 2 is 2.12 bits per heavy atom. The monoisotopic (exact) mass is 233 g/mol. The Kier molecular flexibility index (Phi) is 4.43. The fraction of sp³-hybridized carbons (Fsp3) is 0.600. The molecular weight excluding hydrogens is 210 g/mol. The zero-order chi connectivity index (χ0) is 12.1. The molecule has 2 heteroatoms. The average molecular weight is 233 g/mol. The summed E-state index contributed by atoms with van der Waals surface area (Å²) in [6.07, 6.45) is 6.52. The van der Waals surface area contributed by atoms with Crippen LogP contribution in [0.2, 0.25) is 0 Å². The molecule has 1 aliphatic heterocycles. The summed E-state index contributed by atoms with van der Waals surface area (Å²) in [6.45, 7) is 4.34. The van der Waals surface area contributed by atoms with Gasteiger partial charge >= 0.3 is 0 Å². The zero-order valence-corrected chi connectivity index (χ0v) is 10.7. The highest BCUT2D eigenvalue weighted by molar-refractivity contribution is 5.31. The lowest BCUT2D eigenvalue weighted by atomic mass is 9.97. The van der Waals surface area contributed by atoms with Crippen LogP contribution < -0.4 is 0 Å². The van der Waals surface area contributed by atoms with E-state index in [0.717, 1.165) is 12.1 Å². The summed E-state index contributed by atoms with van der Waals surface area (Å²) in [4.78, 5) is 2.54. The Hall–Kier alpha value is -1.02. The highest BCUT2D eigenvalue weighted by atomic mass is 16.3. The van der Waals surface area contributed by atoms with Gasteiger partial charge in [0.05, 0.1) is 0 Å². The fourth-order valence-electron chi connectivity index (χ4n) is 2.79. The number of hydrogen-bond donors (Lipinski definition) is 1. The largest absolute Gasteiger partial charge is 0.508 e. The Labute approximate surface area is 104 Å². The van der Waals surface area contributed by atoms with Crippen LogP contribution >= 0.6 is 0 Å². The van der Waals surface area contributed by atoms with Crippen LogP contribution in [0.15, 0.2) is 24.3 Å². The molecule has 0 aromatic heterocycles. The van der Waals surface area contributed by atoms with Gasteiger partial charge in [0.1, 0.15) is 5.75 Å². The number of likely N-dealkylation sites (tertiary alicyclic amines) is 1. The maximum atomic E-state index is 9.83. The van der Waals surface area contributed by atoms with Crippen molar-refractivity contribution in [3.63, 3.8) is 0 Å². The molecule has 1 saturated heterocycles. The Bertz CT molecular complexity index is 349. The number of benzene rings is 1. The molecule has 2 rings (SSSR count). The third kappa shape index (κ3) is 3.22. The molecule has 2 nitrogen and oxygen atoms in total. The number of piperidine rings is 1. The normalized spacial score (nSPS) is 21.6. The first-order valence-electron chi connectivity index (χ1n) is 6.82. The summed E-state index contributed by atoms with van der Waals surface area (Å²) in [5, 5.41) is 9.83. The lowest BCUT2D eigenvalue weighted by molar-refractivity contribution is 0.130. The van der Waals surface area contributed by atoms with Crippen molar-refractivity contribution in [2.24, 2.45) is 0 Å². The van der Waals surface area contributed by atoms with Crippen LogP contribution in [0, 0.1) is 0 Å². The zero-order valence-electron chi connectivity index (χ0n) is 10.7. The van der Waals surface area contributed by atoms with Crippen LogP contribution in [0.3, 0.4) is 0 Å². The molecule has 0 aliphatic carbocycles. The number of rotatable bonds is 4. The van der Waals surface area contributed by atoms with Crippen molar-refractivity contribution in [3.05, 3.63) is 29.8 Å². The molecule has 0 amide bonds. The van der Waals surface area contributed by atoms with E-state index in [4.69, 9.17) is 0 Å². The van der Waals surface area contributed by atoms with Crippen LogP contribution in [0.1, 0.15) is 44.6 Å². The van der Waals surface area contributed by atoms with Gasteiger partial charge in [-0.15, -0.1) is 0 Å². The van der Waals surface area contributed by atoms with E-state index >= 15 is 0 Å². The maximum Gasteiger partial charge on any atom is 0.120 e. The van der Waals surface area contributed by atoms with Gasteiger partial charge in [-0.1, -0.05) is 38.0 Å². The number of hydrogen-bond acceptors (Lipinski definition) is 2. The van der Waals surface area contributed by atoms with E-state index in [1.807, 2.05) is 18.2 Å². The van der Waals surface area contributed by atoms with Crippen LogP contribution in [-0.2, 0) is 6.54 Å². The molecule has 1 unspecified atom stereocenters.